The molecule has 8 nitrogen and oxygen atoms in total. The average molecular weight is 519 g/mol. The molecule has 0 aromatic heterocycles. The third kappa shape index (κ3) is 6.01. The molecule has 0 saturated heterocycles. The summed E-state index contributed by atoms with van der Waals surface area (Å²) in [6, 6.07) is 27.8. The Hall–Kier alpha value is -4.34. The van der Waals surface area contributed by atoms with Crippen LogP contribution in [0.4, 0.5) is 22.7 Å². The first-order chi connectivity index (χ1) is 17.4. The lowest BCUT2D eigenvalue weighted by Gasteiger charge is -2.17. The monoisotopic (exact) mass is 518 g/mol. The summed E-state index contributed by atoms with van der Waals surface area (Å²) in [5.41, 5.74) is 3.73. The second kappa shape index (κ2) is 11.4. The zero-order valence-corrected chi connectivity index (χ0v) is 20.2. The fourth-order valence-corrected chi connectivity index (χ4v) is 4.10. The largest absolute Gasteiger partial charge is 0.322 e. The number of anilines is 3. The lowest BCUT2D eigenvalue weighted by atomic mass is 10.0. The van der Waals surface area contributed by atoms with E-state index in [-0.39, 0.29) is 16.3 Å². The van der Waals surface area contributed by atoms with Gasteiger partial charge in [0.1, 0.15) is 0 Å². The number of halogens is 1. The molecule has 2 N–H and O–H groups in total. The molecule has 10 heteroatoms. The van der Waals surface area contributed by atoms with Crippen LogP contribution < -0.4 is 14.3 Å². The fraction of sp³-hybridized carbons (Fsp3) is 0. The van der Waals surface area contributed by atoms with E-state index < -0.39 is 10.8 Å². The van der Waals surface area contributed by atoms with Gasteiger partial charge < -0.3 is 10.0 Å². The number of nitrogens with zero attached hydrogens (tertiary/aromatic N) is 2. The smallest absolute Gasteiger partial charge is 0.270 e. The molecule has 4 rings (SSSR count). The average Bonchev–Trinajstić information content (AvgIpc) is 2.90. The molecule has 2 amide bonds. The first-order valence-electron chi connectivity index (χ1n) is 10.6. The molecule has 180 valence electrons. The summed E-state index contributed by atoms with van der Waals surface area (Å²) in [4.78, 5) is 34.6. The van der Waals surface area contributed by atoms with Crippen molar-refractivity contribution in [1.29, 1.82) is 0 Å². The van der Waals surface area contributed by atoms with Crippen LogP contribution in [0, 0.1) is 10.1 Å². The van der Waals surface area contributed by atoms with Crippen LogP contribution >= 0.6 is 23.7 Å². The van der Waals surface area contributed by atoms with Crippen LogP contribution in [-0.2, 0) is 4.79 Å². The summed E-state index contributed by atoms with van der Waals surface area (Å²) in [5, 5.41) is 13.8. The number of amides is 2. The molecule has 0 aliphatic rings. The molecular formula is C26H19ClN4O4S. The fourth-order valence-electron chi connectivity index (χ4n) is 3.29. The van der Waals surface area contributed by atoms with E-state index in [1.165, 1.54) is 28.6 Å². The number of carbonyl (C=O) groups excluding carboxylic acids is 2. The number of non-ortho nitro benzene ring substituents is 1. The number of nitro groups is 1. The van der Waals surface area contributed by atoms with Gasteiger partial charge in [-0.2, -0.15) is 0 Å². The topological polar surface area (TPSA) is 105 Å². The van der Waals surface area contributed by atoms with Crippen molar-refractivity contribution in [2.75, 3.05) is 14.3 Å². The first-order valence-corrected chi connectivity index (χ1v) is 11.8. The maximum Gasteiger partial charge on any atom is 0.270 e. The molecule has 0 radical (unpaired) electrons. The maximum absolute atomic E-state index is 12.6. The van der Waals surface area contributed by atoms with Crippen LogP contribution in [-0.4, -0.2) is 17.2 Å². The van der Waals surface area contributed by atoms with Crippen LogP contribution in [0.3, 0.4) is 0 Å². The molecule has 0 aliphatic heterocycles. The Morgan fingerprint density at radius 2 is 1.53 bits per heavy atom. The summed E-state index contributed by atoms with van der Waals surface area (Å²) in [5.74, 6) is -0.545. The van der Waals surface area contributed by atoms with Crippen LogP contribution in [0.2, 0.25) is 5.02 Å². The van der Waals surface area contributed by atoms with Crippen LogP contribution in [0.25, 0.3) is 11.1 Å². The Labute approximate surface area is 216 Å². The lowest BCUT2D eigenvalue weighted by Crippen LogP contribution is -2.14. The zero-order valence-electron chi connectivity index (χ0n) is 18.6. The number of carbonyl (C=O) groups is 2. The molecule has 0 spiro atoms. The number of nitro benzene ring substituents is 1. The first kappa shape index (κ1) is 24.8. The molecule has 4 aromatic carbocycles. The minimum Gasteiger partial charge on any atom is -0.322 e. The van der Waals surface area contributed by atoms with Gasteiger partial charge in [0.2, 0.25) is 6.41 Å². The van der Waals surface area contributed by atoms with Gasteiger partial charge in [0.05, 0.1) is 33.3 Å². The molecular weight excluding hydrogens is 500 g/mol. The quantitative estimate of drug-likeness (QED) is 0.109. The van der Waals surface area contributed by atoms with Crippen molar-refractivity contribution >= 4 is 58.8 Å². The number of hydrogen-bond donors (Lipinski definition) is 2. The number of benzene rings is 4. The van der Waals surface area contributed by atoms with Crippen LogP contribution in [0.1, 0.15) is 10.4 Å². The summed E-state index contributed by atoms with van der Waals surface area (Å²) in [6.45, 7) is 0. The van der Waals surface area contributed by atoms with E-state index in [9.17, 15) is 19.7 Å². The van der Waals surface area contributed by atoms with Crippen molar-refractivity contribution in [2.24, 2.45) is 0 Å². The second-order valence-electron chi connectivity index (χ2n) is 7.49. The van der Waals surface area contributed by atoms with Crippen molar-refractivity contribution < 1.29 is 14.5 Å². The molecule has 0 bridgehead atoms. The highest BCUT2D eigenvalue weighted by molar-refractivity contribution is 8.02. The summed E-state index contributed by atoms with van der Waals surface area (Å²) >= 11 is 7.22. The van der Waals surface area contributed by atoms with E-state index in [0.29, 0.717) is 11.4 Å². The van der Waals surface area contributed by atoms with Gasteiger partial charge in [-0.15, -0.1) is 0 Å². The van der Waals surface area contributed by atoms with Gasteiger partial charge in [-0.1, -0.05) is 54.1 Å². The van der Waals surface area contributed by atoms with Gasteiger partial charge in [-0.05, 0) is 53.6 Å². The van der Waals surface area contributed by atoms with Crippen molar-refractivity contribution in [3.8, 4) is 11.1 Å². The summed E-state index contributed by atoms with van der Waals surface area (Å²) in [7, 11) is 0. The molecule has 36 heavy (non-hydrogen) atoms. The number of hydrogen-bond acceptors (Lipinski definition) is 6. The van der Waals surface area contributed by atoms with Gasteiger partial charge in [0.25, 0.3) is 11.6 Å². The minimum absolute atomic E-state index is 0.0184. The predicted molar refractivity (Wildman–Crippen MR) is 144 cm³/mol. The molecule has 0 atom stereocenters. The highest BCUT2D eigenvalue weighted by atomic mass is 35.5. The summed E-state index contributed by atoms with van der Waals surface area (Å²) < 4.78 is 4.60. The van der Waals surface area contributed by atoms with E-state index in [1.54, 1.807) is 12.1 Å². The zero-order chi connectivity index (χ0) is 25.5. The van der Waals surface area contributed by atoms with E-state index in [1.807, 2.05) is 66.7 Å². The molecule has 4 aromatic rings. The third-order valence-electron chi connectivity index (χ3n) is 5.13. The van der Waals surface area contributed by atoms with Gasteiger partial charge in [0.15, 0.2) is 0 Å². The van der Waals surface area contributed by atoms with Crippen molar-refractivity contribution in [3.63, 3.8) is 0 Å². The number of para-hydroxylation sites is 1. The highest BCUT2D eigenvalue weighted by Crippen LogP contribution is 2.28. The maximum atomic E-state index is 12.6. The third-order valence-corrected chi connectivity index (χ3v) is 6.28. The Morgan fingerprint density at radius 1 is 0.889 bits per heavy atom. The van der Waals surface area contributed by atoms with Gasteiger partial charge >= 0.3 is 0 Å². The van der Waals surface area contributed by atoms with E-state index in [2.05, 4.69) is 10.0 Å². The second-order valence-corrected chi connectivity index (χ2v) is 8.68. The Morgan fingerprint density at radius 3 is 2.14 bits per heavy atom. The standard InChI is InChI=1S/C26H19ClN4O4S/c27-25-15-14-23(31(34)35)16-24(25)26(33)28-20-10-6-18(7-11-20)19-8-12-22(13-9-19)30(17-32)36-29-21-4-2-1-3-5-21/h1-17,29H,(H,28,33). The molecule has 0 unspecified atom stereocenters. The molecule has 0 heterocycles. The number of nitrogens with one attached hydrogen (secondary N) is 2. The van der Waals surface area contributed by atoms with Crippen molar-refractivity contribution in [2.45, 2.75) is 0 Å². The van der Waals surface area contributed by atoms with Gasteiger partial charge in [0, 0.05) is 23.5 Å². The normalized spacial score (nSPS) is 10.4. The number of rotatable bonds is 9. The van der Waals surface area contributed by atoms with E-state index in [4.69, 9.17) is 11.6 Å². The van der Waals surface area contributed by atoms with Gasteiger partial charge in [-0.25, -0.2) is 4.31 Å². The molecule has 0 aliphatic carbocycles. The summed E-state index contributed by atoms with van der Waals surface area (Å²) in [6.07, 6.45) is 0.737. The molecule has 0 fully saturated rings. The van der Waals surface area contributed by atoms with E-state index >= 15 is 0 Å². The van der Waals surface area contributed by atoms with Crippen LogP contribution in [0.15, 0.2) is 97.1 Å². The van der Waals surface area contributed by atoms with E-state index in [0.717, 1.165) is 29.3 Å². The minimum atomic E-state index is -0.583. The van der Waals surface area contributed by atoms with Crippen LogP contribution in [0.5, 0.6) is 0 Å². The SMILES string of the molecule is O=CN(SNc1ccccc1)c1ccc(-c2ccc(NC(=O)c3cc([N+](=O)[O-])ccc3Cl)cc2)cc1. The highest BCUT2D eigenvalue weighted by Gasteiger charge is 2.16. The van der Waals surface area contributed by atoms with Gasteiger partial charge in [-0.3, -0.25) is 19.7 Å². The van der Waals surface area contributed by atoms with Crippen molar-refractivity contribution in [1.82, 2.24) is 0 Å². The molecule has 0 saturated carbocycles. The van der Waals surface area contributed by atoms with Crippen molar-refractivity contribution in [3.05, 3.63) is 118 Å². The Kier molecular flexibility index (Phi) is 7.84. The Balaban J connectivity index is 1.41. The predicted octanol–water partition coefficient (Wildman–Crippen LogP) is 6.81. The Bertz CT molecular complexity index is 1380. The lowest BCUT2D eigenvalue weighted by molar-refractivity contribution is -0.384.